The van der Waals surface area contributed by atoms with Gasteiger partial charge in [0.25, 0.3) is 5.91 Å². The molecule has 0 saturated heterocycles. The highest BCUT2D eigenvalue weighted by atomic mass is 35.5. The van der Waals surface area contributed by atoms with Gasteiger partial charge in [-0.05, 0) is 18.2 Å². The average Bonchev–Trinajstić information content (AvgIpc) is 2.48. The number of carbonyl (C=O) groups excluding carboxylic acids is 1. The molecule has 2 rings (SSSR count). The van der Waals surface area contributed by atoms with Gasteiger partial charge in [-0.25, -0.2) is 18.2 Å². The first-order chi connectivity index (χ1) is 9.93. The average molecular weight is 316 g/mol. The summed E-state index contributed by atoms with van der Waals surface area (Å²) in [5, 5.41) is 4.87. The molecule has 2 N–H and O–H groups in total. The van der Waals surface area contributed by atoms with Crippen LogP contribution in [0.1, 0.15) is 10.4 Å². The van der Waals surface area contributed by atoms with Crippen LogP contribution in [0.15, 0.2) is 24.4 Å². The van der Waals surface area contributed by atoms with Crippen molar-refractivity contribution in [1.82, 2.24) is 4.98 Å². The standard InChI is InChI=1S/C13H9ClF3N3O/c1-18-10-4-6(7(14)5-19-10)13(21)20-9-3-2-8(15)11(16)12(9)17/h2-5H,1H3,(H,18,19)(H,20,21). The lowest BCUT2D eigenvalue weighted by molar-refractivity contribution is 0.102. The smallest absolute Gasteiger partial charge is 0.257 e. The van der Waals surface area contributed by atoms with E-state index in [9.17, 15) is 18.0 Å². The van der Waals surface area contributed by atoms with Crippen molar-refractivity contribution in [3.05, 3.63) is 52.4 Å². The van der Waals surface area contributed by atoms with Gasteiger partial charge >= 0.3 is 0 Å². The molecule has 1 aromatic heterocycles. The number of carbonyl (C=O) groups is 1. The Hall–Kier alpha value is -2.28. The third kappa shape index (κ3) is 3.08. The number of rotatable bonds is 3. The number of nitrogens with one attached hydrogen (secondary N) is 2. The number of hydrogen-bond acceptors (Lipinski definition) is 3. The lowest BCUT2D eigenvalue weighted by Gasteiger charge is -2.09. The van der Waals surface area contributed by atoms with Crippen molar-refractivity contribution in [2.45, 2.75) is 0 Å². The molecule has 0 spiro atoms. The number of pyridine rings is 1. The quantitative estimate of drug-likeness (QED) is 0.853. The summed E-state index contributed by atoms with van der Waals surface area (Å²) in [5.74, 6) is -4.89. The zero-order valence-corrected chi connectivity index (χ0v) is 11.4. The van der Waals surface area contributed by atoms with Gasteiger partial charge in [0.2, 0.25) is 0 Å². The Morgan fingerprint density at radius 2 is 1.95 bits per heavy atom. The number of anilines is 2. The van der Waals surface area contributed by atoms with Crippen LogP contribution in [-0.2, 0) is 0 Å². The molecule has 21 heavy (non-hydrogen) atoms. The summed E-state index contributed by atoms with van der Waals surface area (Å²) in [4.78, 5) is 15.9. The van der Waals surface area contributed by atoms with E-state index in [1.165, 1.54) is 12.3 Å². The van der Waals surface area contributed by atoms with Crippen LogP contribution in [0.25, 0.3) is 0 Å². The summed E-state index contributed by atoms with van der Waals surface area (Å²) in [6, 6.07) is 2.97. The van der Waals surface area contributed by atoms with E-state index in [0.717, 1.165) is 6.07 Å². The molecule has 0 fully saturated rings. The summed E-state index contributed by atoms with van der Waals surface area (Å²) >= 11 is 5.83. The van der Waals surface area contributed by atoms with Gasteiger partial charge in [-0.3, -0.25) is 4.79 Å². The van der Waals surface area contributed by atoms with Gasteiger partial charge in [0.05, 0.1) is 16.3 Å². The van der Waals surface area contributed by atoms with E-state index in [1.54, 1.807) is 7.05 Å². The number of halogens is 4. The van der Waals surface area contributed by atoms with E-state index < -0.39 is 29.0 Å². The molecule has 8 heteroatoms. The molecule has 0 radical (unpaired) electrons. The molecule has 0 saturated carbocycles. The van der Waals surface area contributed by atoms with E-state index in [2.05, 4.69) is 15.6 Å². The van der Waals surface area contributed by atoms with E-state index in [-0.39, 0.29) is 10.6 Å². The zero-order chi connectivity index (χ0) is 15.6. The van der Waals surface area contributed by atoms with Crippen LogP contribution in [0.3, 0.4) is 0 Å². The van der Waals surface area contributed by atoms with Crippen LogP contribution in [0.2, 0.25) is 5.02 Å². The van der Waals surface area contributed by atoms with E-state index in [4.69, 9.17) is 11.6 Å². The predicted molar refractivity (Wildman–Crippen MR) is 73.1 cm³/mol. The monoisotopic (exact) mass is 315 g/mol. The number of hydrogen-bond donors (Lipinski definition) is 2. The minimum atomic E-state index is -1.66. The highest BCUT2D eigenvalue weighted by Gasteiger charge is 2.18. The molecule has 1 amide bonds. The van der Waals surface area contributed by atoms with Crippen LogP contribution in [-0.4, -0.2) is 17.9 Å². The van der Waals surface area contributed by atoms with Crippen molar-refractivity contribution < 1.29 is 18.0 Å². The molecule has 0 atom stereocenters. The van der Waals surface area contributed by atoms with Gasteiger partial charge in [0.15, 0.2) is 17.5 Å². The molecule has 0 aliphatic carbocycles. The first-order valence-electron chi connectivity index (χ1n) is 5.72. The molecule has 1 aromatic carbocycles. The Morgan fingerprint density at radius 3 is 2.62 bits per heavy atom. The van der Waals surface area contributed by atoms with Crippen LogP contribution in [0.5, 0.6) is 0 Å². The van der Waals surface area contributed by atoms with Crippen molar-refractivity contribution in [3.63, 3.8) is 0 Å². The molecule has 0 aliphatic rings. The third-order valence-corrected chi connectivity index (χ3v) is 2.94. The Labute approximate surface area is 122 Å². The summed E-state index contributed by atoms with van der Waals surface area (Å²) in [5.41, 5.74) is -0.474. The summed E-state index contributed by atoms with van der Waals surface area (Å²) in [6.07, 6.45) is 1.24. The molecule has 2 aromatic rings. The molecule has 0 bridgehead atoms. The third-order valence-electron chi connectivity index (χ3n) is 2.64. The predicted octanol–water partition coefficient (Wildman–Crippen LogP) is 3.45. The second kappa shape index (κ2) is 6.01. The number of aromatic nitrogens is 1. The normalized spacial score (nSPS) is 10.3. The highest BCUT2D eigenvalue weighted by molar-refractivity contribution is 6.34. The molecule has 0 aliphatic heterocycles. The largest absolute Gasteiger partial charge is 0.373 e. The summed E-state index contributed by atoms with van der Waals surface area (Å²) in [6.45, 7) is 0. The van der Waals surface area contributed by atoms with Crippen molar-refractivity contribution >= 4 is 29.0 Å². The lowest BCUT2D eigenvalue weighted by atomic mass is 10.2. The maximum atomic E-state index is 13.5. The molecule has 1 heterocycles. The highest BCUT2D eigenvalue weighted by Crippen LogP contribution is 2.23. The second-order valence-corrected chi connectivity index (χ2v) is 4.38. The van der Waals surface area contributed by atoms with E-state index in [0.29, 0.717) is 11.9 Å². The van der Waals surface area contributed by atoms with Gasteiger partial charge in [-0.2, -0.15) is 0 Å². The Balaban J connectivity index is 2.32. The van der Waals surface area contributed by atoms with Crippen LogP contribution < -0.4 is 10.6 Å². The van der Waals surface area contributed by atoms with Gasteiger partial charge < -0.3 is 10.6 Å². The van der Waals surface area contributed by atoms with Crippen molar-refractivity contribution in [2.75, 3.05) is 17.7 Å². The molecular weight excluding hydrogens is 307 g/mol. The van der Waals surface area contributed by atoms with Crippen LogP contribution in [0.4, 0.5) is 24.7 Å². The Bertz CT molecular complexity index is 709. The van der Waals surface area contributed by atoms with Crippen LogP contribution in [0, 0.1) is 17.5 Å². The van der Waals surface area contributed by atoms with Gasteiger partial charge in [0, 0.05) is 13.2 Å². The van der Waals surface area contributed by atoms with E-state index in [1.807, 2.05) is 0 Å². The van der Waals surface area contributed by atoms with Crippen molar-refractivity contribution in [2.24, 2.45) is 0 Å². The summed E-state index contributed by atoms with van der Waals surface area (Å²) in [7, 11) is 1.59. The minimum Gasteiger partial charge on any atom is -0.373 e. The molecular formula is C13H9ClF3N3O. The first-order valence-corrected chi connectivity index (χ1v) is 6.10. The number of amides is 1. The fourth-order valence-corrected chi connectivity index (χ4v) is 1.75. The van der Waals surface area contributed by atoms with Gasteiger partial charge in [-0.15, -0.1) is 0 Å². The van der Waals surface area contributed by atoms with Crippen LogP contribution >= 0.6 is 11.6 Å². The van der Waals surface area contributed by atoms with Crippen molar-refractivity contribution in [1.29, 1.82) is 0 Å². The first kappa shape index (κ1) is 15.1. The Kier molecular flexibility index (Phi) is 4.32. The SMILES string of the molecule is CNc1cc(C(=O)Nc2ccc(F)c(F)c2F)c(Cl)cn1. The topological polar surface area (TPSA) is 54.0 Å². The number of benzene rings is 1. The Morgan fingerprint density at radius 1 is 1.24 bits per heavy atom. The fraction of sp³-hybridized carbons (Fsp3) is 0.0769. The second-order valence-electron chi connectivity index (χ2n) is 3.98. The van der Waals surface area contributed by atoms with Gasteiger partial charge in [0.1, 0.15) is 5.82 Å². The molecule has 110 valence electrons. The minimum absolute atomic E-state index is 0.0140. The summed E-state index contributed by atoms with van der Waals surface area (Å²) < 4.78 is 39.4. The fourth-order valence-electron chi connectivity index (χ4n) is 1.56. The molecule has 4 nitrogen and oxygen atoms in total. The number of nitrogens with zero attached hydrogens (tertiary/aromatic N) is 1. The molecule has 0 unspecified atom stereocenters. The lowest BCUT2D eigenvalue weighted by Crippen LogP contribution is -2.15. The zero-order valence-electron chi connectivity index (χ0n) is 10.7. The van der Waals surface area contributed by atoms with Crippen molar-refractivity contribution in [3.8, 4) is 0 Å². The maximum absolute atomic E-state index is 13.5. The van der Waals surface area contributed by atoms with E-state index >= 15 is 0 Å². The van der Waals surface area contributed by atoms with Gasteiger partial charge in [-0.1, -0.05) is 11.6 Å². The maximum Gasteiger partial charge on any atom is 0.257 e.